The number of aryl methyl sites for hydroxylation is 2. The largest absolute Gasteiger partial charge is 0.438 e. The maximum absolute atomic E-state index is 12.6. The van der Waals surface area contributed by atoms with Gasteiger partial charge in [0.15, 0.2) is 5.76 Å². The van der Waals surface area contributed by atoms with Crippen LogP contribution < -0.4 is 4.72 Å². The van der Waals surface area contributed by atoms with Gasteiger partial charge < -0.3 is 8.83 Å². The molecule has 0 spiro atoms. The minimum Gasteiger partial charge on any atom is -0.438 e. The first kappa shape index (κ1) is 15.9. The molecule has 2 aromatic heterocycles. The summed E-state index contributed by atoms with van der Waals surface area (Å²) in [6.45, 7) is 3.73. The quantitative estimate of drug-likeness (QED) is 0.747. The fraction of sp³-hybridized carbons (Fsp3) is 0.294. The minimum atomic E-state index is -3.84. The molecule has 0 aliphatic heterocycles. The summed E-state index contributed by atoms with van der Waals surface area (Å²) < 4.78 is 38.7. The molecule has 0 unspecified atom stereocenters. The van der Waals surface area contributed by atoms with Crippen LogP contribution in [0.4, 0.5) is 5.69 Å². The second-order valence-electron chi connectivity index (χ2n) is 6.26. The molecule has 7 nitrogen and oxygen atoms in total. The van der Waals surface area contributed by atoms with E-state index in [1.165, 1.54) is 12.1 Å². The molecule has 1 aliphatic carbocycles. The SMILES string of the molecule is Cc1ccc(C)c(NS(=O)(=O)c2ccc(-c3nnc(C4CC4)o3)o2)c1. The average molecular weight is 359 g/mol. The van der Waals surface area contributed by atoms with Gasteiger partial charge in [0.05, 0.1) is 5.69 Å². The smallest absolute Gasteiger partial charge is 0.295 e. The van der Waals surface area contributed by atoms with Crippen LogP contribution in [0.15, 0.2) is 44.3 Å². The van der Waals surface area contributed by atoms with Gasteiger partial charge in [-0.15, -0.1) is 10.2 Å². The fourth-order valence-corrected chi connectivity index (χ4v) is 3.51. The van der Waals surface area contributed by atoms with Crippen molar-refractivity contribution in [3.05, 3.63) is 47.3 Å². The van der Waals surface area contributed by atoms with E-state index in [2.05, 4.69) is 14.9 Å². The molecule has 2 heterocycles. The Hall–Kier alpha value is -2.61. The van der Waals surface area contributed by atoms with E-state index in [4.69, 9.17) is 8.83 Å². The number of sulfonamides is 1. The van der Waals surface area contributed by atoms with Crippen molar-refractivity contribution >= 4 is 15.7 Å². The monoisotopic (exact) mass is 359 g/mol. The van der Waals surface area contributed by atoms with E-state index < -0.39 is 10.0 Å². The maximum atomic E-state index is 12.6. The third-order valence-corrected chi connectivity index (χ3v) is 5.30. The first-order valence-electron chi connectivity index (χ1n) is 7.96. The molecule has 0 atom stereocenters. The van der Waals surface area contributed by atoms with Crippen molar-refractivity contribution in [3.63, 3.8) is 0 Å². The van der Waals surface area contributed by atoms with E-state index in [-0.39, 0.29) is 16.7 Å². The Morgan fingerprint density at radius 1 is 1.08 bits per heavy atom. The van der Waals surface area contributed by atoms with Crippen molar-refractivity contribution in [2.24, 2.45) is 0 Å². The summed E-state index contributed by atoms with van der Waals surface area (Å²) in [5.41, 5.74) is 2.31. The zero-order valence-electron chi connectivity index (χ0n) is 13.8. The Labute approximate surface area is 145 Å². The molecule has 1 fully saturated rings. The molecule has 1 aromatic carbocycles. The highest BCUT2D eigenvalue weighted by Gasteiger charge is 2.30. The lowest BCUT2D eigenvalue weighted by Crippen LogP contribution is -2.13. The molecule has 130 valence electrons. The van der Waals surface area contributed by atoms with Crippen LogP contribution in [0.2, 0.25) is 0 Å². The second-order valence-corrected chi connectivity index (χ2v) is 7.88. The lowest BCUT2D eigenvalue weighted by atomic mass is 10.1. The van der Waals surface area contributed by atoms with Crippen LogP contribution >= 0.6 is 0 Å². The van der Waals surface area contributed by atoms with Gasteiger partial charge in [0.2, 0.25) is 11.0 Å². The fourth-order valence-electron chi connectivity index (χ4n) is 2.45. The number of aromatic nitrogens is 2. The number of nitrogens with zero attached hydrogens (tertiary/aromatic N) is 2. The van der Waals surface area contributed by atoms with Crippen LogP contribution in [0.1, 0.15) is 35.8 Å². The van der Waals surface area contributed by atoms with Gasteiger partial charge >= 0.3 is 0 Å². The summed E-state index contributed by atoms with van der Waals surface area (Å²) in [6.07, 6.45) is 2.08. The Balaban J connectivity index is 1.60. The zero-order valence-corrected chi connectivity index (χ0v) is 14.6. The third kappa shape index (κ3) is 3.17. The first-order chi connectivity index (χ1) is 11.9. The van der Waals surface area contributed by atoms with Crippen molar-refractivity contribution in [2.75, 3.05) is 4.72 Å². The number of hydrogen-bond donors (Lipinski definition) is 1. The van der Waals surface area contributed by atoms with Gasteiger partial charge in [0.1, 0.15) is 0 Å². The molecular formula is C17H17N3O4S. The summed E-state index contributed by atoms with van der Waals surface area (Å²) in [6, 6.07) is 8.45. The number of furan rings is 1. The maximum Gasteiger partial charge on any atom is 0.295 e. The highest BCUT2D eigenvalue weighted by Crippen LogP contribution is 2.40. The number of nitrogens with one attached hydrogen (secondary N) is 1. The van der Waals surface area contributed by atoms with Crippen LogP contribution in [-0.4, -0.2) is 18.6 Å². The van der Waals surface area contributed by atoms with E-state index in [9.17, 15) is 8.42 Å². The van der Waals surface area contributed by atoms with Gasteiger partial charge in [-0.05, 0) is 56.0 Å². The van der Waals surface area contributed by atoms with Gasteiger partial charge in [0.25, 0.3) is 15.9 Å². The number of benzene rings is 1. The predicted octanol–water partition coefficient (Wildman–Crippen LogP) is 3.62. The molecule has 1 aliphatic rings. The molecular weight excluding hydrogens is 342 g/mol. The van der Waals surface area contributed by atoms with Crippen LogP contribution in [0.5, 0.6) is 0 Å². The lowest BCUT2D eigenvalue weighted by molar-refractivity contribution is 0.435. The standard InChI is InChI=1S/C17H17N3O4S/c1-10-3-4-11(2)13(9-10)20-25(21,22)15-8-7-14(23-15)17-19-18-16(24-17)12-5-6-12/h3-4,7-9,12,20H,5-6H2,1-2H3. The van der Waals surface area contributed by atoms with Gasteiger partial charge in [-0.25, -0.2) is 0 Å². The van der Waals surface area contributed by atoms with Crippen molar-refractivity contribution in [1.82, 2.24) is 10.2 Å². The van der Waals surface area contributed by atoms with Crippen molar-refractivity contribution in [1.29, 1.82) is 0 Å². The third-order valence-electron chi connectivity index (χ3n) is 4.06. The molecule has 0 radical (unpaired) electrons. The van der Waals surface area contributed by atoms with Crippen LogP contribution in [-0.2, 0) is 10.0 Å². The number of anilines is 1. The highest BCUT2D eigenvalue weighted by atomic mass is 32.2. The topological polar surface area (TPSA) is 98.2 Å². The molecule has 1 N–H and O–H groups in total. The van der Waals surface area contributed by atoms with E-state index in [0.717, 1.165) is 24.0 Å². The summed E-state index contributed by atoms with van der Waals surface area (Å²) in [4.78, 5) is 0. The van der Waals surface area contributed by atoms with Gasteiger partial charge in [-0.3, -0.25) is 4.72 Å². The van der Waals surface area contributed by atoms with Gasteiger partial charge in [-0.1, -0.05) is 12.1 Å². The predicted molar refractivity (Wildman–Crippen MR) is 90.7 cm³/mol. The average Bonchev–Trinajstić information content (AvgIpc) is 3.10. The second kappa shape index (κ2) is 5.73. The van der Waals surface area contributed by atoms with E-state index in [0.29, 0.717) is 17.5 Å². The Morgan fingerprint density at radius 3 is 2.64 bits per heavy atom. The Kier molecular flexibility index (Phi) is 3.64. The molecule has 3 aromatic rings. The molecule has 25 heavy (non-hydrogen) atoms. The summed E-state index contributed by atoms with van der Waals surface area (Å²) in [7, 11) is -3.84. The number of hydrogen-bond acceptors (Lipinski definition) is 6. The minimum absolute atomic E-state index is 0.190. The first-order valence-corrected chi connectivity index (χ1v) is 9.44. The summed E-state index contributed by atoms with van der Waals surface area (Å²) in [5.74, 6) is 1.32. The summed E-state index contributed by atoms with van der Waals surface area (Å²) in [5, 5.41) is 7.70. The van der Waals surface area contributed by atoms with Crippen LogP contribution in [0.25, 0.3) is 11.7 Å². The zero-order chi connectivity index (χ0) is 17.6. The van der Waals surface area contributed by atoms with Crippen molar-refractivity contribution < 1.29 is 17.3 Å². The molecule has 4 rings (SSSR count). The molecule has 0 saturated heterocycles. The van der Waals surface area contributed by atoms with Crippen LogP contribution in [0.3, 0.4) is 0 Å². The Bertz CT molecular complexity index is 1030. The lowest BCUT2D eigenvalue weighted by Gasteiger charge is -2.09. The number of rotatable bonds is 5. The van der Waals surface area contributed by atoms with Gasteiger partial charge in [0, 0.05) is 5.92 Å². The van der Waals surface area contributed by atoms with E-state index >= 15 is 0 Å². The Morgan fingerprint density at radius 2 is 1.88 bits per heavy atom. The van der Waals surface area contributed by atoms with Crippen LogP contribution in [0, 0.1) is 13.8 Å². The molecule has 0 bridgehead atoms. The molecule has 8 heteroatoms. The van der Waals surface area contributed by atoms with E-state index in [1.807, 2.05) is 26.0 Å². The van der Waals surface area contributed by atoms with Crippen molar-refractivity contribution in [3.8, 4) is 11.7 Å². The summed E-state index contributed by atoms with van der Waals surface area (Å²) >= 11 is 0. The highest BCUT2D eigenvalue weighted by molar-refractivity contribution is 7.92. The van der Waals surface area contributed by atoms with Crippen molar-refractivity contribution in [2.45, 2.75) is 37.7 Å². The molecule has 1 saturated carbocycles. The van der Waals surface area contributed by atoms with Gasteiger partial charge in [-0.2, -0.15) is 8.42 Å². The molecule has 0 amide bonds. The normalized spacial score (nSPS) is 14.6. The van der Waals surface area contributed by atoms with E-state index in [1.54, 1.807) is 6.07 Å².